The second-order valence-electron chi connectivity index (χ2n) is 13.4. The molecule has 13 nitrogen and oxygen atoms in total. The van der Waals surface area contributed by atoms with Gasteiger partial charge in [-0.3, -0.25) is 4.79 Å². The number of sulfonamides is 1. The number of aromatic nitrogens is 1. The minimum absolute atomic E-state index is 0.0311. The first-order valence-electron chi connectivity index (χ1n) is 17.1. The Hall–Kier alpha value is -3.20. The van der Waals surface area contributed by atoms with Crippen LogP contribution in [0.15, 0.2) is 27.6 Å². The van der Waals surface area contributed by atoms with Gasteiger partial charge < -0.3 is 34.6 Å². The van der Waals surface area contributed by atoms with Crippen LogP contribution in [0.2, 0.25) is 0 Å². The van der Waals surface area contributed by atoms with Gasteiger partial charge in [0.05, 0.1) is 30.4 Å². The summed E-state index contributed by atoms with van der Waals surface area (Å²) in [5, 5.41) is 20.0. The summed E-state index contributed by atoms with van der Waals surface area (Å²) < 4.78 is 46.1. The number of aliphatic hydroxyl groups is 1. The number of fused-ring (bicyclic) bond motifs is 1. The van der Waals surface area contributed by atoms with Gasteiger partial charge in [0, 0.05) is 44.4 Å². The van der Waals surface area contributed by atoms with Crippen LogP contribution < -0.4 is 15.4 Å². The Morgan fingerprint density at radius 2 is 1.83 bits per heavy atom. The van der Waals surface area contributed by atoms with E-state index in [1.807, 2.05) is 13.8 Å². The quantitative estimate of drug-likeness (QED) is 0.351. The van der Waals surface area contributed by atoms with E-state index in [1.165, 1.54) is 17.8 Å². The number of hydrogen-bond acceptors (Lipinski definition) is 9. The largest absolute Gasteiger partial charge is 0.490 e. The summed E-state index contributed by atoms with van der Waals surface area (Å²) >= 11 is 0. The van der Waals surface area contributed by atoms with E-state index in [2.05, 4.69) is 15.8 Å². The molecule has 1 aromatic heterocycles. The van der Waals surface area contributed by atoms with Crippen LogP contribution in [0.25, 0.3) is 0 Å². The van der Waals surface area contributed by atoms with E-state index in [9.17, 15) is 23.1 Å². The van der Waals surface area contributed by atoms with E-state index < -0.39 is 22.2 Å². The predicted molar refractivity (Wildman–Crippen MR) is 182 cm³/mol. The van der Waals surface area contributed by atoms with Gasteiger partial charge in [-0.1, -0.05) is 31.3 Å². The molecule has 0 spiro atoms. The number of carbonyl (C=O) groups excluding carboxylic acids is 2. The molecule has 0 bridgehead atoms. The molecule has 0 radical (unpaired) electrons. The lowest BCUT2D eigenvalue weighted by molar-refractivity contribution is -0.00835. The lowest BCUT2D eigenvalue weighted by Crippen LogP contribution is -2.48. The van der Waals surface area contributed by atoms with Crippen LogP contribution in [0.5, 0.6) is 5.75 Å². The molecule has 2 heterocycles. The van der Waals surface area contributed by atoms with Gasteiger partial charge >= 0.3 is 6.03 Å². The van der Waals surface area contributed by atoms with Gasteiger partial charge in [0.15, 0.2) is 5.76 Å². The number of benzene rings is 1. The average Bonchev–Trinajstić information content (AvgIpc) is 3.40. The molecule has 2 aliphatic rings. The van der Waals surface area contributed by atoms with Crippen LogP contribution in [-0.4, -0.2) is 97.5 Å². The molecule has 3 N–H and O–H groups in total. The molecule has 1 aliphatic carbocycles. The number of aliphatic hydroxyl groups excluding tert-OH is 1. The maximum Gasteiger partial charge on any atom is 0.319 e. The fraction of sp³-hybridized carbons (Fsp3) is 0.676. The molecule has 0 unspecified atom stereocenters. The summed E-state index contributed by atoms with van der Waals surface area (Å²) in [4.78, 5) is 28.9. The zero-order valence-electron chi connectivity index (χ0n) is 29.2. The standard InChI is InChI=1S/C34H53N5O8S/c1-22-19-39(23(2)21-40)33(41)29-18-28(36-34(42)35-27-13-8-7-9-14-27)15-16-30(29)46-24(3)12-10-11-17-45-31(22)20-38(6)48(43,44)32-25(4)37-47-26(32)5/h15-16,18,22-24,27,31,40H,7-14,17,19-21H2,1-6H3,(H2,35,36,42)/t22-,23-,24+,31+/m1/s1. The van der Waals surface area contributed by atoms with Crippen molar-refractivity contribution in [1.29, 1.82) is 0 Å². The molecule has 268 valence electrons. The molecule has 0 saturated heterocycles. The third kappa shape index (κ3) is 9.48. The summed E-state index contributed by atoms with van der Waals surface area (Å²) in [6.07, 6.45) is 6.70. The number of amides is 3. The van der Waals surface area contributed by atoms with E-state index in [-0.39, 0.29) is 71.6 Å². The molecule has 14 heteroatoms. The lowest BCUT2D eigenvalue weighted by Gasteiger charge is -2.35. The van der Waals surface area contributed by atoms with Crippen molar-refractivity contribution >= 4 is 27.6 Å². The van der Waals surface area contributed by atoms with Crippen molar-refractivity contribution in [3.05, 3.63) is 35.2 Å². The smallest absolute Gasteiger partial charge is 0.319 e. The van der Waals surface area contributed by atoms with Gasteiger partial charge in [0.25, 0.3) is 5.91 Å². The van der Waals surface area contributed by atoms with E-state index in [0.29, 0.717) is 24.5 Å². The van der Waals surface area contributed by atoms with Gasteiger partial charge in [0.1, 0.15) is 16.3 Å². The van der Waals surface area contributed by atoms with Crippen LogP contribution in [0, 0.1) is 19.8 Å². The molecule has 1 fully saturated rings. The van der Waals surface area contributed by atoms with Crippen molar-refractivity contribution in [3.8, 4) is 5.75 Å². The van der Waals surface area contributed by atoms with Crippen LogP contribution in [0.4, 0.5) is 10.5 Å². The Morgan fingerprint density at radius 1 is 1.12 bits per heavy atom. The van der Waals surface area contributed by atoms with Crippen molar-refractivity contribution in [2.45, 2.75) is 115 Å². The molecular weight excluding hydrogens is 638 g/mol. The fourth-order valence-electron chi connectivity index (χ4n) is 6.41. The molecule has 4 rings (SSSR count). The van der Waals surface area contributed by atoms with Crippen molar-refractivity contribution in [3.63, 3.8) is 0 Å². The molecule has 1 aromatic carbocycles. The molecule has 1 saturated carbocycles. The number of urea groups is 1. The maximum absolute atomic E-state index is 14.4. The first kappa shape index (κ1) is 37.6. The molecule has 2 aromatic rings. The number of nitrogens with one attached hydrogen (secondary N) is 2. The van der Waals surface area contributed by atoms with E-state index in [4.69, 9.17) is 14.0 Å². The highest BCUT2D eigenvalue weighted by Crippen LogP contribution is 2.29. The predicted octanol–water partition coefficient (Wildman–Crippen LogP) is 4.86. The summed E-state index contributed by atoms with van der Waals surface area (Å²) in [7, 11) is -2.44. The van der Waals surface area contributed by atoms with Gasteiger partial charge in [-0.2, -0.15) is 4.31 Å². The highest BCUT2D eigenvalue weighted by Gasteiger charge is 2.34. The minimum Gasteiger partial charge on any atom is -0.490 e. The van der Waals surface area contributed by atoms with Crippen molar-refractivity contribution < 1.29 is 37.1 Å². The van der Waals surface area contributed by atoms with Gasteiger partial charge in [-0.25, -0.2) is 13.2 Å². The van der Waals surface area contributed by atoms with Crippen molar-refractivity contribution in [2.75, 3.05) is 38.7 Å². The maximum atomic E-state index is 14.4. The summed E-state index contributed by atoms with van der Waals surface area (Å²) in [5.74, 6) is -0.111. The van der Waals surface area contributed by atoms with E-state index >= 15 is 0 Å². The number of carbonyl (C=O) groups is 2. The number of ether oxygens (including phenoxy) is 2. The second kappa shape index (κ2) is 17.0. The van der Waals surface area contributed by atoms with Crippen molar-refractivity contribution in [2.24, 2.45) is 5.92 Å². The third-order valence-corrected chi connectivity index (χ3v) is 11.4. The normalized spacial score (nSPS) is 22.8. The Labute approximate surface area is 284 Å². The number of nitrogens with zero attached hydrogens (tertiary/aromatic N) is 3. The topological polar surface area (TPSA) is 164 Å². The van der Waals surface area contributed by atoms with Crippen LogP contribution in [0.3, 0.4) is 0 Å². The second-order valence-corrected chi connectivity index (χ2v) is 15.4. The summed E-state index contributed by atoms with van der Waals surface area (Å²) in [6.45, 7) is 9.06. The summed E-state index contributed by atoms with van der Waals surface area (Å²) in [5.41, 5.74) is 0.991. The molecule has 48 heavy (non-hydrogen) atoms. The van der Waals surface area contributed by atoms with Gasteiger partial charge in [-0.15, -0.1) is 0 Å². The fourth-order valence-corrected chi connectivity index (χ4v) is 7.88. The number of likely N-dealkylation sites (N-methyl/N-ethyl adjacent to an activating group) is 1. The molecular formula is C34H53N5O8S. The average molecular weight is 692 g/mol. The Balaban J connectivity index is 1.61. The molecule has 4 atom stereocenters. The highest BCUT2D eigenvalue weighted by atomic mass is 32.2. The first-order valence-corrected chi connectivity index (χ1v) is 18.6. The number of hydrogen-bond donors (Lipinski definition) is 3. The Bertz CT molecular complexity index is 1470. The summed E-state index contributed by atoms with van der Waals surface area (Å²) in [6, 6.07) is 4.28. The zero-order valence-corrected chi connectivity index (χ0v) is 30.0. The van der Waals surface area contributed by atoms with Gasteiger partial charge in [-0.05, 0) is 78.0 Å². The number of rotatable bonds is 8. The van der Waals surface area contributed by atoms with Crippen molar-refractivity contribution in [1.82, 2.24) is 19.7 Å². The van der Waals surface area contributed by atoms with Gasteiger partial charge in [0.2, 0.25) is 10.0 Å². The van der Waals surface area contributed by atoms with Crippen LogP contribution in [0.1, 0.15) is 93.9 Å². The number of anilines is 1. The van der Waals surface area contributed by atoms with Crippen LogP contribution in [-0.2, 0) is 14.8 Å². The third-order valence-electron chi connectivity index (χ3n) is 9.32. The highest BCUT2D eigenvalue weighted by molar-refractivity contribution is 7.89. The number of aryl methyl sites for hydroxylation is 2. The Kier molecular flexibility index (Phi) is 13.3. The van der Waals surface area contributed by atoms with E-state index in [0.717, 1.165) is 38.5 Å². The zero-order chi connectivity index (χ0) is 35.0. The lowest BCUT2D eigenvalue weighted by atomic mass is 9.96. The Morgan fingerprint density at radius 3 is 2.50 bits per heavy atom. The first-order chi connectivity index (χ1) is 22.8. The van der Waals surface area contributed by atoms with E-state index in [1.54, 1.807) is 43.9 Å². The minimum atomic E-state index is -3.94. The SMILES string of the molecule is Cc1noc(C)c1S(=O)(=O)N(C)C[C@@H]1OCCCC[C@H](C)Oc2ccc(NC(=O)NC3CCCCC3)cc2C(=O)N([C@H](C)CO)C[C@H]1C. The monoisotopic (exact) mass is 691 g/mol. The molecule has 1 aliphatic heterocycles. The van der Waals surface area contributed by atoms with Crippen LogP contribution >= 0.6 is 0 Å². The molecule has 3 amide bonds.